The first kappa shape index (κ1) is 12.4. The molecular weight excluding hydrogens is 310 g/mol. The summed E-state index contributed by atoms with van der Waals surface area (Å²) in [4.78, 5) is 11.3. The Morgan fingerprint density at radius 1 is 1.47 bits per heavy atom. The second kappa shape index (κ2) is 6.05. The standard InChI is InChI=1S/C11H12FIO2/c1-2-15-11(14)10(13)9(12)8-6-4-3-5-7-8/h3-7,9-10H,2H2,1H3. The maximum atomic E-state index is 13.8. The predicted octanol–water partition coefficient (Wildman–Crippen LogP) is 3.06. The van der Waals surface area contributed by atoms with Crippen molar-refractivity contribution in [3.8, 4) is 0 Å². The highest BCUT2D eigenvalue weighted by Gasteiger charge is 2.27. The Labute approximate surface area is 102 Å². The summed E-state index contributed by atoms with van der Waals surface area (Å²) in [5.41, 5.74) is 0.505. The smallest absolute Gasteiger partial charge is 0.322 e. The molecule has 0 saturated carbocycles. The molecule has 4 heteroatoms. The fourth-order valence-electron chi connectivity index (χ4n) is 1.15. The largest absolute Gasteiger partial charge is 0.465 e. The number of ether oxygens (including phenoxy) is 1. The lowest BCUT2D eigenvalue weighted by Crippen LogP contribution is -2.22. The molecule has 0 N–H and O–H groups in total. The van der Waals surface area contributed by atoms with Crippen molar-refractivity contribution < 1.29 is 13.9 Å². The zero-order valence-corrected chi connectivity index (χ0v) is 10.5. The second-order valence-electron chi connectivity index (χ2n) is 2.97. The molecule has 0 radical (unpaired) electrons. The molecular formula is C11H12FIO2. The molecule has 1 rings (SSSR count). The lowest BCUT2D eigenvalue weighted by Gasteiger charge is -2.13. The van der Waals surface area contributed by atoms with Gasteiger partial charge in [0.1, 0.15) is 10.1 Å². The van der Waals surface area contributed by atoms with Crippen LogP contribution < -0.4 is 0 Å². The van der Waals surface area contributed by atoms with Gasteiger partial charge in [-0.25, -0.2) is 4.39 Å². The minimum absolute atomic E-state index is 0.278. The third-order valence-electron chi connectivity index (χ3n) is 1.89. The highest BCUT2D eigenvalue weighted by Crippen LogP contribution is 2.27. The zero-order chi connectivity index (χ0) is 11.3. The highest BCUT2D eigenvalue weighted by atomic mass is 127. The van der Waals surface area contributed by atoms with E-state index in [9.17, 15) is 9.18 Å². The monoisotopic (exact) mass is 322 g/mol. The van der Waals surface area contributed by atoms with E-state index >= 15 is 0 Å². The third kappa shape index (κ3) is 3.44. The molecule has 0 aromatic heterocycles. The summed E-state index contributed by atoms with van der Waals surface area (Å²) in [5, 5.41) is 0. The van der Waals surface area contributed by atoms with Gasteiger partial charge < -0.3 is 4.74 Å². The van der Waals surface area contributed by atoms with E-state index in [1.54, 1.807) is 53.8 Å². The van der Waals surface area contributed by atoms with E-state index < -0.39 is 16.1 Å². The molecule has 15 heavy (non-hydrogen) atoms. The molecule has 0 heterocycles. The Hall–Kier alpha value is -0.650. The number of hydrogen-bond donors (Lipinski definition) is 0. The molecule has 0 aliphatic rings. The first-order valence-corrected chi connectivity index (χ1v) is 5.91. The van der Waals surface area contributed by atoms with Crippen molar-refractivity contribution in [2.24, 2.45) is 0 Å². The van der Waals surface area contributed by atoms with Gasteiger partial charge in [-0.1, -0.05) is 52.9 Å². The van der Waals surface area contributed by atoms with E-state index in [1.165, 1.54) is 0 Å². The molecule has 1 aromatic rings. The third-order valence-corrected chi connectivity index (χ3v) is 3.03. The van der Waals surface area contributed by atoms with Crippen LogP contribution in [0.1, 0.15) is 18.7 Å². The second-order valence-corrected chi connectivity index (χ2v) is 4.31. The number of carbonyl (C=O) groups is 1. The maximum Gasteiger partial charge on any atom is 0.322 e. The van der Waals surface area contributed by atoms with Crippen LogP contribution in [0.15, 0.2) is 30.3 Å². The number of esters is 1. The summed E-state index contributed by atoms with van der Waals surface area (Å²) in [6.07, 6.45) is -1.31. The van der Waals surface area contributed by atoms with Crippen LogP contribution in [-0.2, 0) is 9.53 Å². The normalized spacial score (nSPS) is 14.3. The number of alkyl halides is 2. The molecule has 0 spiro atoms. The van der Waals surface area contributed by atoms with Crippen molar-refractivity contribution in [1.82, 2.24) is 0 Å². The lowest BCUT2D eigenvalue weighted by molar-refractivity contribution is -0.143. The van der Waals surface area contributed by atoms with Crippen LogP contribution in [0.3, 0.4) is 0 Å². The van der Waals surface area contributed by atoms with Crippen LogP contribution >= 0.6 is 22.6 Å². The Morgan fingerprint density at radius 3 is 2.60 bits per heavy atom. The van der Waals surface area contributed by atoms with Gasteiger partial charge in [-0.2, -0.15) is 0 Å². The molecule has 0 fully saturated rings. The van der Waals surface area contributed by atoms with Gasteiger partial charge in [-0.05, 0) is 12.5 Å². The van der Waals surface area contributed by atoms with Gasteiger partial charge in [-0.15, -0.1) is 0 Å². The van der Waals surface area contributed by atoms with E-state index in [4.69, 9.17) is 4.74 Å². The van der Waals surface area contributed by atoms with Crippen LogP contribution in [0.4, 0.5) is 4.39 Å². The summed E-state index contributed by atoms with van der Waals surface area (Å²) in [7, 11) is 0. The minimum Gasteiger partial charge on any atom is -0.465 e. The quantitative estimate of drug-likeness (QED) is 0.484. The first-order valence-electron chi connectivity index (χ1n) is 4.66. The fraction of sp³-hybridized carbons (Fsp3) is 0.364. The van der Waals surface area contributed by atoms with Gasteiger partial charge >= 0.3 is 5.97 Å². The van der Waals surface area contributed by atoms with Crippen molar-refractivity contribution >= 4 is 28.6 Å². The number of halogens is 2. The molecule has 0 bridgehead atoms. The molecule has 1 aromatic carbocycles. The van der Waals surface area contributed by atoms with E-state index in [0.717, 1.165) is 0 Å². The summed E-state index contributed by atoms with van der Waals surface area (Å²) in [6.45, 7) is 1.98. The number of carbonyl (C=O) groups excluding carboxylic acids is 1. The van der Waals surface area contributed by atoms with Gasteiger partial charge in [-0.3, -0.25) is 4.79 Å². The minimum atomic E-state index is -1.31. The number of hydrogen-bond acceptors (Lipinski definition) is 2. The topological polar surface area (TPSA) is 26.3 Å². The van der Waals surface area contributed by atoms with Crippen LogP contribution in [0.2, 0.25) is 0 Å². The fourth-order valence-corrected chi connectivity index (χ4v) is 1.74. The molecule has 2 unspecified atom stereocenters. The van der Waals surface area contributed by atoms with Gasteiger partial charge in [0.05, 0.1) is 6.61 Å². The van der Waals surface area contributed by atoms with Crippen molar-refractivity contribution in [1.29, 1.82) is 0 Å². The molecule has 2 atom stereocenters. The Bertz CT molecular complexity index is 316. The van der Waals surface area contributed by atoms with Crippen LogP contribution in [0, 0.1) is 0 Å². The maximum absolute atomic E-state index is 13.8. The molecule has 0 aliphatic carbocycles. The van der Waals surface area contributed by atoms with Crippen LogP contribution in [0.5, 0.6) is 0 Å². The van der Waals surface area contributed by atoms with Gasteiger partial charge in [0.2, 0.25) is 0 Å². The predicted molar refractivity (Wildman–Crippen MR) is 64.7 cm³/mol. The van der Waals surface area contributed by atoms with Crippen molar-refractivity contribution in [2.45, 2.75) is 17.0 Å². The Kier molecular flexibility index (Phi) is 5.01. The molecule has 0 saturated heterocycles. The Morgan fingerprint density at radius 2 is 2.07 bits per heavy atom. The SMILES string of the molecule is CCOC(=O)C(I)C(F)c1ccccc1. The Balaban J connectivity index is 2.68. The summed E-state index contributed by atoms with van der Waals surface area (Å²) in [5.74, 6) is -0.505. The number of rotatable bonds is 4. The average molecular weight is 322 g/mol. The molecule has 2 nitrogen and oxygen atoms in total. The van der Waals surface area contributed by atoms with Gasteiger partial charge in [0.15, 0.2) is 0 Å². The van der Waals surface area contributed by atoms with E-state index in [1.807, 2.05) is 6.07 Å². The first-order chi connectivity index (χ1) is 7.16. The zero-order valence-electron chi connectivity index (χ0n) is 8.32. The van der Waals surface area contributed by atoms with Crippen LogP contribution in [-0.4, -0.2) is 16.5 Å². The molecule has 0 aliphatic heterocycles. The van der Waals surface area contributed by atoms with E-state index in [2.05, 4.69) is 0 Å². The van der Waals surface area contributed by atoms with Crippen LogP contribution in [0.25, 0.3) is 0 Å². The summed E-state index contributed by atoms with van der Waals surface area (Å²) >= 11 is 1.77. The van der Waals surface area contributed by atoms with Gasteiger partial charge in [0.25, 0.3) is 0 Å². The summed E-state index contributed by atoms with van der Waals surface area (Å²) < 4.78 is 17.8. The van der Waals surface area contributed by atoms with Crippen molar-refractivity contribution in [2.75, 3.05) is 6.61 Å². The number of benzene rings is 1. The van der Waals surface area contributed by atoms with E-state index in [0.29, 0.717) is 5.56 Å². The molecule has 0 amide bonds. The average Bonchev–Trinajstić information content (AvgIpc) is 2.28. The van der Waals surface area contributed by atoms with Crippen molar-refractivity contribution in [3.05, 3.63) is 35.9 Å². The van der Waals surface area contributed by atoms with Crippen molar-refractivity contribution in [3.63, 3.8) is 0 Å². The van der Waals surface area contributed by atoms with Gasteiger partial charge in [0, 0.05) is 0 Å². The molecule has 82 valence electrons. The highest BCUT2D eigenvalue weighted by molar-refractivity contribution is 14.1. The lowest BCUT2D eigenvalue weighted by atomic mass is 10.1. The van der Waals surface area contributed by atoms with E-state index in [-0.39, 0.29) is 6.61 Å². The summed E-state index contributed by atoms with van der Waals surface area (Å²) in [6, 6.07) is 8.63.